The Balaban J connectivity index is 3.27. The molecule has 0 aliphatic heterocycles. The Hall–Kier alpha value is -0.590. The van der Waals surface area contributed by atoms with Crippen LogP contribution in [0.25, 0.3) is 0 Å². The van der Waals surface area contributed by atoms with E-state index in [4.69, 9.17) is 0 Å². The molecule has 0 aromatic heterocycles. The molecular formula is C8H13O. The van der Waals surface area contributed by atoms with E-state index in [1.807, 2.05) is 0 Å². The summed E-state index contributed by atoms with van der Waals surface area (Å²) in [4.78, 5) is 9.89. The van der Waals surface area contributed by atoms with Gasteiger partial charge in [-0.2, -0.15) is 0 Å². The fraction of sp³-hybridized carbons (Fsp3) is 0.625. The molecule has 0 saturated carbocycles. The predicted molar refractivity (Wildman–Crippen MR) is 38.9 cm³/mol. The van der Waals surface area contributed by atoms with Crippen LogP contribution in [0.2, 0.25) is 0 Å². The number of rotatable bonds is 4. The van der Waals surface area contributed by atoms with E-state index in [9.17, 15) is 4.79 Å². The highest BCUT2D eigenvalue weighted by molar-refractivity contribution is 5.72. The van der Waals surface area contributed by atoms with Crippen molar-refractivity contribution in [1.82, 2.24) is 0 Å². The standard InChI is InChI=1S/C8H13O/c1-7(2)4-5-8(3)6-9/h7H,3-5H2,1-2H3. The molecule has 0 aromatic rings. The Morgan fingerprint density at radius 3 is 2.56 bits per heavy atom. The highest BCUT2D eigenvalue weighted by Crippen LogP contribution is 2.07. The van der Waals surface area contributed by atoms with Gasteiger partial charge in [0.15, 0.2) is 0 Å². The minimum Gasteiger partial charge on any atom is -0.285 e. The Labute approximate surface area is 56.8 Å². The summed E-state index contributed by atoms with van der Waals surface area (Å²) in [6.45, 7) is 7.77. The van der Waals surface area contributed by atoms with Crippen LogP contribution in [0.4, 0.5) is 0 Å². The van der Waals surface area contributed by atoms with Gasteiger partial charge in [0.1, 0.15) is 0 Å². The van der Waals surface area contributed by atoms with E-state index < -0.39 is 0 Å². The van der Waals surface area contributed by atoms with Crippen LogP contribution >= 0.6 is 0 Å². The summed E-state index contributed by atoms with van der Waals surface area (Å²) in [6.07, 6.45) is 3.60. The van der Waals surface area contributed by atoms with Crippen LogP contribution in [0.15, 0.2) is 12.2 Å². The highest BCUT2D eigenvalue weighted by atomic mass is 16.1. The fourth-order valence-electron chi connectivity index (χ4n) is 0.514. The van der Waals surface area contributed by atoms with Gasteiger partial charge in [-0.1, -0.05) is 20.4 Å². The molecule has 0 bridgehead atoms. The van der Waals surface area contributed by atoms with E-state index >= 15 is 0 Å². The van der Waals surface area contributed by atoms with Gasteiger partial charge in [0.05, 0.1) is 0 Å². The molecule has 0 rings (SSSR count). The summed E-state index contributed by atoms with van der Waals surface area (Å²) in [5, 5.41) is 0. The van der Waals surface area contributed by atoms with E-state index in [0.29, 0.717) is 11.5 Å². The Bertz CT molecular complexity index is 103. The van der Waals surface area contributed by atoms with E-state index in [0.717, 1.165) is 12.8 Å². The molecule has 0 amide bonds. The molecule has 0 aliphatic carbocycles. The van der Waals surface area contributed by atoms with E-state index in [-0.39, 0.29) is 0 Å². The van der Waals surface area contributed by atoms with Crippen molar-refractivity contribution < 1.29 is 4.79 Å². The van der Waals surface area contributed by atoms with Gasteiger partial charge in [0.2, 0.25) is 6.29 Å². The van der Waals surface area contributed by atoms with Gasteiger partial charge in [-0.05, 0) is 24.3 Å². The summed E-state index contributed by atoms with van der Waals surface area (Å²) in [5.74, 6) is 0.648. The van der Waals surface area contributed by atoms with Crippen molar-refractivity contribution in [3.63, 3.8) is 0 Å². The van der Waals surface area contributed by atoms with Gasteiger partial charge in [-0.25, -0.2) is 0 Å². The van der Waals surface area contributed by atoms with Crippen LogP contribution in [0.1, 0.15) is 26.7 Å². The van der Waals surface area contributed by atoms with Gasteiger partial charge in [-0.3, -0.25) is 4.79 Å². The van der Waals surface area contributed by atoms with Crippen molar-refractivity contribution in [1.29, 1.82) is 0 Å². The molecule has 0 saturated heterocycles. The lowest BCUT2D eigenvalue weighted by Crippen LogP contribution is -1.89. The summed E-state index contributed by atoms with van der Waals surface area (Å²) in [7, 11) is 0. The average Bonchev–Trinajstić information content (AvgIpc) is 1.83. The van der Waals surface area contributed by atoms with E-state index in [1.54, 1.807) is 6.29 Å². The maximum Gasteiger partial charge on any atom is 0.228 e. The van der Waals surface area contributed by atoms with Crippen LogP contribution in [0.5, 0.6) is 0 Å². The molecule has 1 nitrogen and oxygen atoms in total. The monoisotopic (exact) mass is 125 g/mol. The number of hydrogen-bond acceptors (Lipinski definition) is 1. The van der Waals surface area contributed by atoms with Crippen molar-refractivity contribution in [2.75, 3.05) is 0 Å². The second kappa shape index (κ2) is 4.30. The van der Waals surface area contributed by atoms with Crippen molar-refractivity contribution in [2.45, 2.75) is 26.7 Å². The second-order valence-corrected chi connectivity index (χ2v) is 2.64. The molecule has 0 aromatic carbocycles. The molecular weight excluding hydrogens is 112 g/mol. The van der Waals surface area contributed by atoms with Gasteiger partial charge in [0, 0.05) is 0 Å². The van der Waals surface area contributed by atoms with Gasteiger partial charge in [-0.15, -0.1) is 0 Å². The maximum absolute atomic E-state index is 9.89. The quantitative estimate of drug-likeness (QED) is 0.526. The van der Waals surface area contributed by atoms with Crippen molar-refractivity contribution in [2.24, 2.45) is 5.92 Å². The smallest absolute Gasteiger partial charge is 0.228 e. The molecule has 51 valence electrons. The van der Waals surface area contributed by atoms with Gasteiger partial charge < -0.3 is 0 Å². The summed E-state index contributed by atoms with van der Waals surface area (Å²) in [5.41, 5.74) is 0.587. The minimum atomic E-state index is 0.587. The molecule has 1 heteroatoms. The third kappa shape index (κ3) is 5.28. The molecule has 0 N–H and O–H groups in total. The maximum atomic E-state index is 9.89. The first kappa shape index (κ1) is 8.41. The molecule has 9 heavy (non-hydrogen) atoms. The number of allylic oxidation sites excluding steroid dienone is 1. The molecule has 0 aliphatic rings. The van der Waals surface area contributed by atoms with Crippen LogP contribution in [-0.4, -0.2) is 6.29 Å². The molecule has 0 spiro atoms. The molecule has 0 heterocycles. The first-order valence-electron chi connectivity index (χ1n) is 3.22. The zero-order valence-electron chi connectivity index (χ0n) is 6.11. The molecule has 0 atom stereocenters. The fourth-order valence-corrected chi connectivity index (χ4v) is 0.514. The first-order valence-corrected chi connectivity index (χ1v) is 3.22. The van der Waals surface area contributed by atoms with Crippen LogP contribution in [0.3, 0.4) is 0 Å². The number of hydrogen-bond donors (Lipinski definition) is 0. The predicted octanol–water partition coefficient (Wildman–Crippen LogP) is 2.09. The lowest BCUT2D eigenvalue weighted by atomic mass is 10.1. The number of carbonyl (C=O) groups excluding carboxylic acids is 1. The largest absolute Gasteiger partial charge is 0.285 e. The second-order valence-electron chi connectivity index (χ2n) is 2.64. The first-order chi connectivity index (χ1) is 4.16. The van der Waals surface area contributed by atoms with Crippen molar-refractivity contribution in [3.05, 3.63) is 12.2 Å². The summed E-state index contributed by atoms with van der Waals surface area (Å²) >= 11 is 0. The van der Waals surface area contributed by atoms with Gasteiger partial charge >= 0.3 is 0 Å². The normalized spacial score (nSPS) is 9.67. The zero-order chi connectivity index (χ0) is 7.28. The van der Waals surface area contributed by atoms with Crippen molar-refractivity contribution >= 4 is 6.29 Å². The molecule has 0 fully saturated rings. The molecule has 0 unspecified atom stereocenters. The van der Waals surface area contributed by atoms with E-state index in [1.165, 1.54) is 0 Å². The summed E-state index contributed by atoms with van der Waals surface area (Å²) < 4.78 is 0. The lowest BCUT2D eigenvalue weighted by molar-refractivity contribution is 0.552. The minimum absolute atomic E-state index is 0.587. The lowest BCUT2D eigenvalue weighted by Gasteiger charge is -2.00. The van der Waals surface area contributed by atoms with E-state index in [2.05, 4.69) is 20.4 Å². The zero-order valence-corrected chi connectivity index (χ0v) is 6.11. The average molecular weight is 125 g/mol. The van der Waals surface area contributed by atoms with Crippen LogP contribution in [-0.2, 0) is 4.79 Å². The highest BCUT2D eigenvalue weighted by Gasteiger charge is 1.95. The topological polar surface area (TPSA) is 17.1 Å². The Kier molecular flexibility index (Phi) is 4.02. The third-order valence-electron chi connectivity index (χ3n) is 1.17. The Morgan fingerprint density at radius 1 is 1.67 bits per heavy atom. The van der Waals surface area contributed by atoms with Gasteiger partial charge in [0.25, 0.3) is 0 Å². The van der Waals surface area contributed by atoms with Crippen LogP contribution in [0, 0.1) is 5.92 Å². The Morgan fingerprint density at radius 2 is 2.22 bits per heavy atom. The third-order valence-corrected chi connectivity index (χ3v) is 1.17. The SMILES string of the molecule is C=C([C]=O)CCC(C)C. The summed E-state index contributed by atoms with van der Waals surface area (Å²) in [6, 6.07) is 0. The van der Waals surface area contributed by atoms with Crippen molar-refractivity contribution in [3.8, 4) is 0 Å². The molecule has 1 radical (unpaired) electrons. The van der Waals surface area contributed by atoms with Crippen LogP contribution < -0.4 is 0 Å².